The number of carbonyl (C=O) groups excluding carboxylic acids is 2. The molecule has 0 radical (unpaired) electrons. The number of carboxylic acid groups (broad SMARTS) is 1. The Labute approximate surface area is 239 Å². The number of nitriles is 1. The molecule has 0 fully saturated rings. The third kappa shape index (κ3) is 7.97. The molecule has 41 heavy (non-hydrogen) atoms. The summed E-state index contributed by atoms with van der Waals surface area (Å²) in [6.45, 7) is 1.33. The molecule has 212 valence electrons. The third-order valence-electron chi connectivity index (χ3n) is 5.30. The number of benzene rings is 3. The molecule has 1 amide bonds. The van der Waals surface area contributed by atoms with Crippen molar-refractivity contribution in [3.63, 3.8) is 0 Å². The number of ether oxygens (including phenoxy) is 1. The standard InChI is InChI=1S/C25H16Cl2FN3O3.C2HF3O2/c1-13(32)15-3-5-21-17(8-15)9-22(31-21)25(33)30-12-16-2-4-20(27)24(23(16)28)34-19-7-14(11-29)6-18(26)10-19;3-2(4,5)1(6)7/h2-10,31H,12H2,1H3,(H,30,33);(H,6,7). The van der Waals surface area contributed by atoms with Gasteiger partial charge < -0.3 is 20.1 Å². The van der Waals surface area contributed by atoms with Gasteiger partial charge in [-0.15, -0.1) is 0 Å². The second-order valence-electron chi connectivity index (χ2n) is 8.27. The number of hydrogen-bond donors (Lipinski definition) is 3. The van der Waals surface area contributed by atoms with E-state index in [2.05, 4.69) is 10.3 Å². The van der Waals surface area contributed by atoms with Crippen molar-refractivity contribution < 1.29 is 41.8 Å². The average molecular weight is 610 g/mol. The smallest absolute Gasteiger partial charge is 0.475 e. The monoisotopic (exact) mass is 609 g/mol. The predicted octanol–water partition coefficient (Wildman–Crippen LogP) is 7.04. The molecule has 0 saturated heterocycles. The normalized spacial score (nSPS) is 10.8. The van der Waals surface area contributed by atoms with Crippen LogP contribution in [0, 0.1) is 17.1 Å². The number of amides is 1. The van der Waals surface area contributed by atoms with Crippen LogP contribution in [0.3, 0.4) is 0 Å². The fourth-order valence-electron chi connectivity index (χ4n) is 3.35. The molecule has 1 aromatic heterocycles. The lowest BCUT2D eigenvalue weighted by atomic mass is 10.1. The number of rotatable bonds is 6. The molecule has 0 aliphatic heterocycles. The number of carboxylic acids is 1. The minimum absolute atomic E-state index is 0.0166. The number of aromatic nitrogens is 1. The van der Waals surface area contributed by atoms with Gasteiger partial charge in [0.2, 0.25) is 0 Å². The highest BCUT2D eigenvalue weighted by Crippen LogP contribution is 2.35. The summed E-state index contributed by atoms with van der Waals surface area (Å²) in [5, 5.41) is 19.8. The van der Waals surface area contributed by atoms with Crippen LogP contribution in [0.25, 0.3) is 10.9 Å². The van der Waals surface area contributed by atoms with Crippen LogP contribution in [0.4, 0.5) is 17.6 Å². The molecule has 0 saturated carbocycles. The number of nitrogens with one attached hydrogen (secondary N) is 2. The van der Waals surface area contributed by atoms with Crippen LogP contribution >= 0.6 is 23.2 Å². The van der Waals surface area contributed by atoms with E-state index in [-0.39, 0.29) is 50.7 Å². The molecule has 4 aromatic rings. The number of Topliss-reactive ketones (excluding diaryl/α,β-unsaturated/α-hetero) is 1. The first-order valence-corrected chi connectivity index (χ1v) is 12.0. The van der Waals surface area contributed by atoms with Crippen LogP contribution in [0.1, 0.15) is 38.9 Å². The summed E-state index contributed by atoms with van der Waals surface area (Å²) in [7, 11) is 0. The van der Waals surface area contributed by atoms with Crippen LogP contribution in [0.2, 0.25) is 10.0 Å². The Morgan fingerprint density at radius 3 is 2.37 bits per heavy atom. The van der Waals surface area contributed by atoms with Gasteiger partial charge in [0.05, 0.1) is 16.7 Å². The Morgan fingerprint density at radius 2 is 1.76 bits per heavy atom. The number of halogens is 6. The Kier molecular flexibility index (Phi) is 9.59. The Balaban J connectivity index is 0.000000587. The maximum absolute atomic E-state index is 15.1. The SMILES string of the molecule is CC(=O)c1ccc2[nH]c(C(=O)NCc3ccc(Cl)c(Oc4cc(Cl)cc(C#N)c4)c3F)cc2c1.O=C(O)C(F)(F)F. The lowest BCUT2D eigenvalue weighted by Gasteiger charge is -2.13. The second kappa shape index (κ2) is 12.7. The van der Waals surface area contributed by atoms with Crippen LogP contribution in [0.15, 0.2) is 54.6 Å². The number of alkyl halides is 3. The molecule has 0 aliphatic rings. The molecule has 0 atom stereocenters. The number of aromatic amines is 1. The zero-order valence-electron chi connectivity index (χ0n) is 20.7. The summed E-state index contributed by atoms with van der Waals surface area (Å²) in [5.41, 5.74) is 1.89. The van der Waals surface area contributed by atoms with Gasteiger partial charge in [0, 0.05) is 33.6 Å². The van der Waals surface area contributed by atoms with Gasteiger partial charge in [0.1, 0.15) is 11.4 Å². The highest BCUT2D eigenvalue weighted by molar-refractivity contribution is 6.32. The molecule has 0 spiro atoms. The molecule has 0 aliphatic carbocycles. The van der Waals surface area contributed by atoms with Gasteiger partial charge in [-0.3, -0.25) is 9.59 Å². The van der Waals surface area contributed by atoms with Crippen molar-refractivity contribution in [1.29, 1.82) is 5.26 Å². The van der Waals surface area contributed by atoms with Gasteiger partial charge in [-0.05, 0) is 55.5 Å². The third-order valence-corrected chi connectivity index (χ3v) is 5.82. The number of fused-ring (bicyclic) bond motifs is 1. The van der Waals surface area contributed by atoms with E-state index in [4.69, 9.17) is 43.1 Å². The van der Waals surface area contributed by atoms with Gasteiger partial charge >= 0.3 is 12.1 Å². The molecule has 14 heteroatoms. The number of carbonyl (C=O) groups is 3. The molecule has 3 aromatic carbocycles. The van der Waals surface area contributed by atoms with Crippen molar-refractivity contribution in [3.8, 4) is 17.6 Å². The number of H-pyrrole nitrogens is 1. The quantitative estimate of drug-likeness (QED) is 0.159. The van der Waals surface area contributed by atoms with Crippen LogP contribution in [-0.2, 0) is 11.3 Å². The van der Waals surface area contributed by atoms with E-state index in [0.717, 1.165) is 0 Å². The molecular formula is C27H17Cl2F4N3O5. The van der Waals surface area contributed by atoms with Gasteiger partial charge in [-0.2, -0.15) is 18.4 Å². The summed E-state index contributed by atoms with van der Waals surface area (Å²) < 4.78 is 52.5. The molecule has 8 nitrogen and oxygen atoms in total. The van der Waals surface area contributed by atoms with Crippen molar-refractivity contribution in [2.24, 2.45) is 0 Å². The number of nitrogens with zero attached hydrogens (tertiary/aromatic N) is 1. The van der Waals surface area contributed by atoms with Crippen LogP contribution in [0.5, 0.6) is 11.5 Å². The summed E-state index contributed by atoms with van der Waals surface area (Å²) >= 11 is 12.1. The van der Waals surface area contributed by atoms with Gasteiger partial charge in [-0.25, -0.2) is 9.18 Å². The van der Waals surface area contributed by atoms with Crippen molar-refractivity contribution in [2.75, 3.05) is 0 Å². The minimum Gasteiger partial charge on any atom is -0.475 e. The summed E-state index contributed by atoms with van der Waals surface area (Å²) in [6, 6.07) is 15.8. The minimum atomic E-state index is -5.08. The fourth-order valence-corrected chi connectivity index (χ4v) is 3.76. The molecule has 1 heterocycles. The molecule has 3 N–H and O–H groups in total. The first-order chi connectivity index (χ1) is 19.2. The van der Waals surface area contributed by atoms with E-state index in [1.165, 1.54) is 37.3 Å². The highest BCUT2D eigenvalue weighted by Gasteiger charge is 2.38. The predicted molar refractivity (Wildman–Crippen MR) is 141 cm³/mol. The van der Waals surface area contributed by atoms with E-state index in [1.54, 1.807) is 24.3 Å². The molecule has 0 unspecified atom stereocenters. The van der Waals surface area contributed by atoms with Gasteiger partial charge in [0.25, 0.3) is 5.91 Å². The molecule has 0 bridgehead atoms. The lowest BCUT2D eigenvalue weighted by molar-refractivity contribution is -0.192. The van der Waals surface area contributed by atoms with E-state index in [1.807, 2.05) is 6.07 Å². The Hall–Kier alpha value is -4.60. The zero-order valence-corrected chi connectivity index (χ0v) is 22.2. The number of aliphatic carboxylic acids is 1. The fraction of sp³-hybridized carbons (Fsp3) is 0.111. The van der Waals surface area contributed by atoms with Crippen molar-refractivity contribution in [1.82, 2.24) is 10.3 Å². The van der Waals surface area contributed by atoms with Gasteiger partial charge in [0.15, 0.2) is 17.3 Å². The highest BCUT2D eigenvalue weighted by atomic mass is 35.5. The van der Waals surface area contributed by atoms with Gasteiger partial charge in [-0.1, -0.05) is 29.3 Å². The van der Waals surface area contributed by atoms with E-state index < -0.39 is 23.9 Å². The van der Waals surface area contributed by atoms with Crippen molar-refractivity contribution in [2.45, 2.75) is 19.6 Å². The topological polar surface area (TPSA) is 132 Å². The maximum Gasteiger partial charge on any atom is 0.490 e. The lowest BCUT2D eigenvalue weighted by Crippen LogP contribution is -2.23. The van der Waals surface area contributed by atoms with E-state index in [9.17, 15) is 22.8 Å². The Bertz CT molecular complexity index is 1700. The molecular weight excluding hydrogens is 593 g/mol. The maximum atomic E-state index is 15.1. The van der Waals surface area contributed by atoms with E-state index in [0.29, 0.717) is 16.5 Å². The van der Waals surface area contributed by atoms with Crippen molar-refractivity contribution >= 4 is 51.8 Å². The van der Waals surface area contributed by atoms with Crippen LogP contribution in [-0.4, -0.2) is 33.9 Å². The average Bonchev–Trinajstić information content (AvgIpc) is 3.33. The first-order valence-electron chi connectivity index (χ1n) is 11.3. The van der Waals surface area contributed by atoms with Crippen molar-refractivity contribution in [3.05, 3.63) is 92.8 Å². The largest absolute Gasteiger partial charge is 0.490 e. The Morgan fingerprint density at radius 1 is 1.07 bits per heavy atom. The van der Waals surface area contributed by atoms with E-state index >= 15 is 4.39 Å². The zero-order chi connectivity index (χ0) is 30.5. The summed E-state index contributed by atoms with van der Waals surface area (Å²) in [4.78, 5) is 36.1. The first kappa shape index (κ1) is 30.9. The number of ketones is 1. The summed E-state index contributed by atoms with van der Waals surface area (Å²) in [5.74, 6) is -4.14. The summed E-state index contributed by atoms with van der Waals surface area (Å²) in [6.07, 6.45) is -5.08. The van der Waals surface area contributed by atoms with Crippen LogP contribution < -0.4 is 10.1 Å². The molecule has 4 rings (SSSR count). The second-order valence-corrected chi connectivity index (χ2v) is 9.11. The number of hydrogen-bond acceptors (Lipinski definition) is 5.